The maximum atomic E-state index is 11.9. The van der Waals surface area contributed by atoms with E-state index in [-0.39, 0.29) is 5.91 Å². The zero-order valence-electron chi connectivity index (χ0n) is 14.1. The zero-order valence-corrected chi connectivity index (χ0v) is 14.9. The number of amides is 1. The standard InChI is InChI=1S/C17H24ClNO5/c1-3-21-6-7-22-12(2)17(20)19-5-4-13-10-14(18)16-15(11-13)23-8-9-24-16/h10-12H,3-9H2,1-2H3,(H,19,20). The number of nitrogens with one attached hydrogen (secondary N) is 1. The highest BCUT2D eigenvalue weighted by Gasteiger charge is 2.17. The second-order valence-electron chi connectivity index (χ2n) is 5.35. The molecule has 2 rings (SSSR count). The van der Waals surface area contributed by atoms with Gasteiger partial charge in [0.25, 0.3) is 0 Å². The van der Waals surface area contributed by atoms with Crippen molar-refractivity contribution < 1.29 is 23.7 Å². The Hall–Kier alpha value is -1.50. The quantitative estimate of drug-likeness (QED) is 0.686. The number of hydrogen-bond donors (Lipinski definition) is 1. The first-order chi connectivity index (χ1) is 11.6. The summed E-state index contributed by atoms with van der Waals surface area (Å²) in [6.07, 6.45) is 0.141. The smallest absolute Gasteiger partial charge is 0.248 e. The Morgan fingerprint density at radius 1 is 1.33 bits per heavy atom. The Kier molecular flexibility index (Phi) is 7.62. The molecule has 0 saturated carbocycles. The highest BCUT2D eigenvalue weighted by atomic mass is 35.5. The van der Waals surface area contributed by atoms with Crippen LogP contribution in [0.4, 0.5) is 0 Å². The lowest BCUT2D eigenvalue weighted by Gasteiger charge is -2.20. The van der Waals surface area contributed by atoms with Crippen molar-refractivity contribution in [3.8, 4) is 11.5 Å². The molecular formula is C17H24ClNO5. The van der Waals surface area contributed by atoms with Crippen LogP contribution in [0.5, 0.6) is 11.5 Å². The van der Waals surface area contributed by atoms with E-state index < -0.39 is 6.10 Å². The second-order valence-corrected chi connectivity index (χ2v) is 5.76. The molecule has 1 N–H and O–H groups in total. The molecule has 7 heteroatoms. The van der Waals surface area contributed by atoms with Crippen LogP contribution in [0, 0.1) is 0 Å². The molecule has 1 aromatic rings. The molecule has 0 aromatic heterocycles. The van der Waals surface area contributed by atoms with Crippen LogP contribution in [0.2, 0.25) is 5.02 Å². The average Bonchev–Trinajstić information content (AvgIpc) is 2.58. The summed E-state index contributed by atoms with van der Waals surface area (Å²) in [7, 11) is 0. The van der Waals surface area contributed by atoms with E-state index in [0.717, 1.165) is 5.56 Å². The summed E-state index contributed by atoms with van der Waals surface area (Å²) in [6, 6.07) is 3.73. The van der Waals surface area contributed by atoms with E-state index in [9.17, 15) is 4.79 Å². The van der Waals surface area contributed by atoms with Gasteiger partial charge in [0.1, 0.15) is 19.3 Å². The first kappa shape index (κ1) is 18.8. The van der Waals surface area contributed by atoms with E-state index in [2.05, 4.69) is 5.32 Å². The van der Waals surface area contributed by atoms with Crippen LogP contribution in [0.3, 0.4) is 0 Å². The number of rotatable bonds is 9. The lowest BCUT2D eigenvalue weighted by molar-refractivity contribution is -0.132. The van der Waals surface area contributed by atoms with Crippen LogP contribution in [0.15, 0.2) is 12.1 Å². The van der Waals surface area contributed by atoms with E-state index in [1.807, 2.05) is 19.1 Å². The van der Waals surface area contributed by atoms with Crippen molar-refractivity contribution in [1.82, 2.24) is 5.32 Å². The molecule has 1 aliphatic rings. The molecule has 0 spiro atoms. The van der Waals surface area contributed by atoms with Gasteiger partial charge < -0.3 is 24.3 Å². The third-order valence-corrected chi connectivity index (χ3v) is 3.82. The molecule has 0 bridgehead atoms. The van der Waals surface area contributed by atoms with Crippen LogP contribution in [-0.2, 0) is 20.7 Å². The van der Waals surface area contributed by atoms with E-state index in [4.69, 9.17) is 30.5 Å². The molecule has 1 aromatic carbocycles. The van der Waals surface area contributed by atoms with E-state index in [1.54, 1.807) is 6.92 Å². The SMILES string of the molecule is CCOCCOC(C)C(=O)NCCc1cc(Cl)c2c(c1)OCCO2. The van der Waals surface area contributed by atoms with Crippen molar-refractivity contribution >= 4 is 17.5 Å². The third kappa shape index (κ3) is 5.54. The molecule has 1 heterocycles. The van der Waals surface area contributed by atoms with E-state index in [0.29, 0.717) is 62.5 Å². The van der Waals surface area contributed by atoms with Crippen molar-refractivity contribution in [3.05, 3.63) is 22.7 Å². The van der Waals surface area contributed by atoms with Gasteiger partial charge >= 0.3 is 0 Å². The summed E-state index contributed by atoms with van der Waals surface area (Å²) < 4.78 is 21.6. The van der Waals surface area contributed by atoms with Gasteiger partial charge in [-0.2, -0.15) is 0 Å². The normalized spacial score (nSPS) is 14.3. The van der Waals surface area contributed by atoms with Gasteiger partial charge in [0, 0.05) is 13.2 Å². The lowest BCUT2D eigenvalue weighted by atomic mass is 10.1. The first-order valence-electron chi connectivity index (χ1n) is 8.17. The van der Waals surface area contributed by atoms with Crippen molar-refractivity contribution in [2.45, 2.75) is 26.4 Å². The summed E-state index contributed by atoms with van der Waals surface area (Å²) in [5.74, 6) is 1.10. The van der Waals surface area contributed by atoms with Crippen LogP contribution < -0.4 is 14.8 Å². The van der Waals surface area contributed by atoms with E-state index >= 15 is 0 Å². The highest BCUT2D eigenvalue weighted by molar-refractivity contribution is 6.32. The van der Waals surface area contributed by atoms with Crippen LogP contribution in [-0.4, -0.2) is 51.6 Å². The lowest BCUT2D eigenvalue weighted by Crippen LogP contribution is -2.36. The molecule has 1 unspecified atom stereocenters. The number of carbonyl (C=O) groups excluding carboxylic acids is 1. The minimum Gasteiger partial charge on any atom is -0.486 e. The molecule has 6 nitrogen and oxygen atoms in total. The van der Waals surface area contributed by atoms with Gasteiger partial charge in [-0.15, -0.1) is 0 Å². The number of hydrogen-bond acceptors (Lipinski definition) is 5. The van der Waals surface area contributed by atoms with Gasteiger partial charge in [0.2, 0.25) is 5.91 Å². The summed E-state index contributed by atoms with van der Waals surface area (Å²) in [6.45, 7) is 6.69. The van der Waals surface area contributed by atoms with Gasteiger partial charge in [0.15, 0.2) is 11.5 Å². The first-order valence-corrected chi connectivity index (χ1v) is 8.54. The number of halogens is 1. The molecule has 1 atom stereocenters. The minimum atomic E-state index is -0.505. The summed E-state index contributed by atoms with van der Waals surface area (Å²) in [5, 5.41) is 3.38. The summed E-state index contributed by atoms with van der Waals surface area (Å²) in [5.41, 5.74) is 0.981. The molecule has 0 saturated heterocycles. The minimum absolute atomic E-state index is 0.143. The molecule has 1 aliphatic heterocycles. The fourth-order valence-electron chi connectivity index (χ4n) is 2.29. The predicted molar refractivity (Wildman–Crippen MR) is 91.1 cm³/mol. The van der Waals surface area contributed by atoms with Crippen molar-refractivity contribution in [2.24, 2.45) is 0 Å². The van der Waals surface area contributed by atoms with Gasteiger partial charge in [-0.3, -0.25) is 4.79 Å². The monoisotopic (exact) mass is 357 g/mol. The molecule has 0 radical (unpaired) electrons. The fourth-order valence-corrected chi connectivity index (χ4v) is 2.57. The van der Waals surface area contributed by atoms with Gasteiger partial charge in [0.05, 0.1) is 18.2 Å². The van der Waals surface area contributed by atoms with Crippen LogP contribution in [0.25, 0.3) is 0 Å². The Morgan fingerprint density at radius 2 is 2.12 bits per heavy atom. The molecule has 134 valence electrons. The predicted octanol–water partition coefficient (Wildman–Crippen LogP) is 2.21. The maximum absolute atomic E-state index is 11.9. The topological polar surface area (TPSA) is 66.0 Å². The van der Waals surface area contributed by atoms with Gasteiger partial charge in [-0.25, -0.2) is 0 Å². The summed E-state index contributed by atoms with van der Waals surface area (Å²) >= 11 is 6.20. The van der Waals surface area contributed by atoms with Crippen molar-refractivity contribution in [3.63, 3.8) is 0 Å². The Bertz CT molecular complexity index is 552. The number of fused-ring (bicyclic) bond motifs is 1. The molecule has 0 aliphatic carbocycles. The van der Waals surface area contributed by atoms with Crippen LogP contribution in [0.1, 0.15) is 19.4 Å². The third-order valence-electron chi connectivity index (χ3n) is 3.54. The van der Waals surface area contributed by atoms with Crippen molar-refractivity contribution in [2.75, 3.05) is 39.6 Å². The Labute approximate surface area is 147 Å². The molecular weight excluding hydrogens is 334 g/mol. The molecule has 0 fully saturated rings. The summed E-state index contributed by atoms with van der Waals surface area (Å²) in [4.78, 5) is 11.9. The largest absolute Gasteiger partial charge is 0.486 e. The van der Waals surface area contributed by atoms with Crippen LogP contribution >= 0.6 is 11.6 Å². The molecule has 24 heavy (non-hydrogen) atoms. The number of carbonyl (C=O) groups is 1. The fraction of sp³-hybridized carbons (Fsp3) is 0.588. The Morgan fingerprint density at radius 3 is 2.92 bits per heavy atom. The number of benzene rings is 1. The number of ether oxygens (including phenoxy) is 4. The average molecular weight is 358 g/mol. The molecule has 1 amide bonds. The van der Waals surface area contributed by atoms with Gasteiger partial charge in [-0.1, -0.05) is 11.6 Å². The second kappa shape index (κ2) is 9.71. The Balaban J connectivity index is 1.75. The highest BCUT2D eigenvalue weighted by Crippen LogP contribution is 2.38. The maximum Gasteiger partial charge on any atom is 0.248 e. The van der Waals surface area contributed by atoms with Gasteiger partial charge in [-0.05, 0) is 38.0 Å². The van der Waals surface area contributed by atoms with E-state index in [1.165, 1.54) is 0 Å². The van der Waals surface area contributed by atoms with Crippen molar-refractivity contribution in [1.29, 1.82) is 0 Å². The zero-order chi connectivity index (χ0) is 17.4.